The highest BCUT2D eigenvalue weighted by Crippen LogP contribution is 2.12. The van der Waals surface area contributed by atoms with Gasteiger partial charge in [0.25, 0.3) is 0 Å². The van der Waals surface area contributed by atoms with Gasteiger partial charge in [0.2, 0.25) is 5.95 Å². The average Bonchev–Trinajstić information content (AvgIpc) is 2.19. The molecule has 0 spiro atoms. The van der Waals surface area contributed by atoms with Gasteiger partial charge in [-0.1, -0.05) is 0 Å². The minimum Gasteiger partial charge on any atom is -0.493 e. The van der Waals surface area contributed by atoms with Crippen LogP contribution in [0, 0.1) is 0 Å². The molecule has 0 amide bonds. The van der Waals surface area contributed by atoms with E-state index in [0.717, 1.165) is 0 Å². The molecule has 6 heteroatoms. The predicted molar refractivity (Wildman–Crippen MR) is 52.5 cm³/mol. The van der Waals surface area contributed by atoms with Crippen molar-refractivity contribution in [1.29, 1.82) is 0 Å². The number of nitrogens with two attached hydrogens (primary N) is 2. The molecule has 1 aromatic heterocycles. The normalized spacial score (nSPS) is 14.7. The number of rotatable bonds is 1. The van der Waals surface area contributed by atoms with Gasteiger partial charge in [0.05, 0.1) is 17.5 Å². The van der Waals surface area contributed by atoms with Gasteiger partial charge in [-0.05, 0) is 0 Å². The summed E-state index contributed by atoms with van der Waals surface area (Å²) in [6.45, 7) is 0.369. The van der Waals surface area contributed by atoms with Crippen LogP contribution in [0.3, 0.4) is 0 Å². The van der Waals surface area contributed by atoms with Crippen LogP contribution in [0.15, 0.2) is 23.7 Å². The number of nitrogens with zero attached hydrogens (tertiary/aromatic N) is 3. The summed E-state index contributed by atoms with van der Waals surface area (Å²) >= 11 is 0. The maximum atomic E-state index is 5.66. The van der Waals surface area contributed by atoms with E-state index in [9.17, 15) is 0 Å². The highest BCUT2D eigenvalue weighted by Gasteiger charge is 2.11. The summed E-state index contributed by atoms with van der Waals surface area (Å²) < 4.78 is 5.07. The number of hydrogen-bond acceptors (Lipinski definition) is 6. The Morgan fingerprint density at radius 3 is 2.86 bits per heavy atom. The first-order valence-electron chi connectivity index (χ1n) is 3.99. The first-order valence-corrected chi connectivity index (χ1v) is 3.99. The van der Waals surface area contributed by atoms with E-state index in [-0.39, 0.29) is 5.95 Å². The molecule has 0 saturated carbocycles. The Labute approximate surface area is 80.3 Å². The molecule has 0 atom stereocenters. The van der Waals surface area contributed by atoms with Crippen LogP contribution in [0.1, 0.15) is 5.56 Å². The van der Waals surface area contributed by atoms with Crippen molar-refractivity contribution in [1.82, 2.24) is 9.97 Å². The highest BCUT2D eigenvalue weighted by atomic mass is 16.5. The lowest BCUT2D eigenvalue weighted by molar-refractivity contribution is 0.297. The minimum atomic E-state index is 0.152. The molecule has 1 aromatic rings. The second kappa shape index (κ2) is 3.33. The maximum Gasteiger partial charge on any atom is 0.221 e. The van der Waals surface area contributed by atoms with E-state index in [1.165, 1.54) is 6.26 Å². The lowest BCUT2D eigenvalue weighted by Gasteiger charge is -2.10. The smallest absolute Gasteiger partial charge is 0.221 e. The van der Waals surface area contributed by atoms with Crippen LogP contribution < -0.4 is 11.5 Å². The van der Waals surface area contributed by atoms with Gasteiger partial charge in [-0.15, -0.1) is 0 Å². The van der Waals surface area contributed by atoms with E-state index < -0.39 is 0 Å². The number of aromatic nitrogens is 2. The first kappa shape index (κ1) is 8.49. The van der Waals surface area contributed by atoms with Gasteiger partial charge in [-0.25, -0.2) is 4.98 Å². The predicted octanol–water partition coefficient (Wildman–Crippen LogP) is -0.0685. The number of anilines is 2. The summed E-state index contributed by atoms with van der Waals surface area (Å²) in [7, 11) is 0. The Hall–Kier alpha value is -2.11. The molecule has 2 heterocycles. The molecule has 0 saturated heterocycles. The SMILES string of the molecule is Nc1ncc(C2=NC=COC2)c(N)n1. The average molecular weight is 191 g/mol. The van der Waals surface area contributed by atoms with Crippen molar-refractivity contribution < 1.29 is 4.74 Å². The van der Waals surface area contributed by atoms with E-state index in [2.05, 4.69) is 15.0 Å². The fourth-order valence-corrected chi connectivity index (χ4v) is 1.11. The molecular formula is C8H9N5O. The molecule has 0 radical (unpaired) electrons. The fraction of sp³-hybridized carbons (Fsp3) is 0.125. The molecule has 0 unspecified atom stereocenters. The van der Waals surface area contributed by atoms with Gasteiger partial charge in [0.1, 0.15) is 18.7 Å². The highest BCUT2D eigenvalue weighted by molar-refractivity contribution is 6.05. The quantitative estimate of drug-likeness (QED) is 0.647. The monoisotopic (exact) mass is 191 g/mol. The molecule has 0 aliphatic carbocycles. The lowest BCUT2D eigenvalue weighted by atomic mass is 10.2. The molecule has 1 aliphatic heterocycles. The van der Waals surface area contributed by atoms with Gasteiger partial charge < -0.3 is 16.2 Å². The fourth-order valence-electron chi connectivity index (χ4n) is 1.11. The standard InChI is InChI=1S/C8H9N5O/c9-7-5(3-12-8(10)13-7)6-4-14-2-1-11-6/h1-3H,4H2,(H4,9,10,12,13). The summed E-state index contributed by atoms with van der Waals surface area (Å²) in [6.07, 6.45) is 4.60. The molecule has 4 N–H and O–H groups in total. The van der Waals surface area contributed by atoms with Gasteiger partial charge in [0.15, 0.2) is 0 Å². The Bertz CT molecular complexity index is 412. The second-order valence-corrected chi connectivity index (χ2v) is 2.70. The Balaban J connectivity index is 2.41. The largest absolute Gasteiger partial charge is 0.493 e. The van der Waals surface area contributed by atoms with E-state index in [1.54, 1.807) is 12.4 Å². The van der Waals surface area contributed by atoms with Crippen molar-refractivity contribution in [3.05, 3.63) is 24.2 Å². The molecule has 6 nitrogen and oxygen atoms in total. The summed E-state index contributed by atoms with van der Waals surface area (Å²) in [5, 5.41) is 0. The Morgan fingerprint density at radius 1 is 1.36 bits per heavy atom. The van der Waals surface area contributed by atoms with E-state index >= 15 is 0 Å². The first-order chi connectivity index (χ1) is 6.77. The molecular weight excluding hydrogens is 182 g/mol. The second-order valence-electron chi connectivity index (χ2n) is 2.70. The number of hydrogen-bond donors (Lipinski definition) is 2. The zero-order valence-corrected chi connectivity index (χ0v) is 7.34. The van der Waals surface area contributed by atoms with Crippen LogP contribution in [0.5, 0.6) is 0 Å². The third-order valence-electron chi connectivity index (χ3n) is 1.76. The van der Waals surface area contributed by atoms with Gasteiger partial charge >= 0.3 is 0 Å². The lowest BCUT2D eigenvalue weighted by Crippen LogP contribution is -2.15. The third-order valence-corrected chi connectivity index (χ3v) is 1.76. The topological polar surface area (TPSA) is 99.4 Å². The number of nitrogen functional groups attached to an aromatic ring is 2. The summed E-state index contributed by atoms with van der Waals surface area (Å²) in [4.78, 5) is 11.8. The molecule has 1 aliphatic rings. The van der Waals surface area contributed by atoms with Gasteiger partial charge in [0, 0.05) is 6.20 Å². The van der Waals surface area contributed by atoms with Crippen LogP contribution in [-0.2, 0) is 4.74 Å². The molecule has 14 heavy (non-hydrogen) atoms. The van der Waals surface area contributed by atoms with E-state index in [1.807, 2.05) is 0 Å². The zero-order chi connectivity index (χ0) is 9.97. The van der Waals surface area contributed by atoms with Gasteiger partial charge in [-0.3, -0.25) is 4.99 Å². The van der Waals surface area contributed by atoms with Gasteiger partial charge in [-0.2, -0.15) is 4.98 Å². The van der Waals surface area contributed by atoms with Crippen LogP contribution in [0.4, 0.5) is 11.8 Å². The summed E-state index contributed by atoms with van der Waals surface area (Å²) in [6, 6.07) is 0. The molecule has 0 bridgehead atoms. The molecule has 0 fully saturated rings. The number of ether oxygens (including phenoxy) is 1. The maximum absolute atomic E-state index is 5.66. The molecule has 2 rings (SSSR count). The number of aliphatic imine (C=N–C) groups is 1. The molecule has 72 valence electrons. The van der Waals surface area contributed by atoms with Crippen LogP contribution >= 0.6 is 0 Å². The van der Waals surface area contributed by atoms with Crippen molar-refractivity contribution in [2.24, 2.45) is 4.99 Å². The van der Waals surface area contributed by atoms with Crippen molar-refractivity contribution in [2.75, 3.05) is 18.1 Å². The van der Waals surface area contributed by atoms with Crippen molar-refractivity contribution in [3.63, 3.8) is 0 Å². The van der Waals surface area contributed by atoms with Crippen molar-refractivity contribution >= 4 is 17.5 Å². The Morgan fingerprint density at radius 2 is 2.21 bits per heavy atom. The summed E-state index contributed by atoms with van der Waals surface area (Å²) in [5.74, 6) is 0.467. The van der Waals surface area contributed by atoms with Crippen molar-refractivity contribution in [3.8, 4) is 0 Å². The van der Waals surface area contributed by atoms with Crippen molar-refractivity contribution in [2.45, 2.75) is 0 Å². The Kier molecular flexibility index (Phi) is 2.02. The third kappa shape index (κ3) is 1.49. The summed E-state index contributed by atoms with van der Waals surface area (Å²) in [5.41, 5.74) is 12.4. The minimum absolute atomic E-state index is 0.152. The van der Waals surface area contributed by atoms with E-state index in [4.69, 9.17) is 16.2 Å². The van der Waals surface area contributed by atoms with Crippen LogP contribution in [0.25, 0.3) is 0 Å². The zero-order valence-electron chi connectivity index (χ0n) is 7.34. The van der Waals surface area contributed by atoms with E-state index in [0.29, 0.717) is 23.7 Å². The van der Waals surface area contributed by atoms with Crippen LogP contribution in [-0.4, -0.2) is 22.3 Å². The van der Waals surface area contributed by atoms with Crippen LogP contribution in [0.2, 0.25) is 0 Å². The molecule has 0 aromatic carbocycles.